The van der Waals surface area contributed by atoms with E-state index in [2.05, 4.69) is 13.8 Å². The third-order valence-electron chi connectivity index (χ3n) is 1.35. The summed E-state index contributed by atoms with van der Waals surface area (Å²) in [6.45, 7) is 5.05. The van der Waals surface area contributed by atoms with E-state index in [9.17, 15) is 0 Å². The minimum Gasteiger partial charge on any atom is -0.401 e. The first-order valence-electron chi connectivity index (χ1n) is 4.18. The molecule has 0 atom stereocenters. The normalized spacial score (nSPS) is 11.7. The number of nitrogens with two attached hydrogens (primary N) is 2. The number of hydrogen-bond donors (Lipinski definition) is 2. The summed E-state index contributed by atoms with van der Waals surface area (Å²) < 4.78 is 0. The lowest BCUT2D eigenvalue weighted by Crippen LogP contribution is -2.27. The smallest absolute Gasteiger partial charge is 0.0342 e. The van der Waals surface area contributed by atoms with Gasteiger partial charge in [-0.25, -0.2) is 5.84 Å². The summed E-state index contributed by atoms with van der Waals surface area (Å²) in [4.78, 5) is 0. The number of hydrazine groups is 1. The van der Waals surface area contributed by atoms with Gasteiger partial charge in [0.25, 0.3) is 0 Å². The van der Waals surface area contributed by atoms with Crippen molar-refractivity contribution in [3.63, 3.8) is 0 Å². The SMILES string of the molecule is CCC/C(N)=C/N(N)CCC. The standard InChI is InChI=1S/C8H19N3/c1-3-5-8(9)7-11(10)6-4-2/h7H,3-6,9-10H2,1-2H3/b8-7-. The van der Waals surface area contributed by atoms with Crippen LogP contribution in [0.2, 0.25) is 0 Å². The van der Waals surface area contributed by atoms with E-state index in [0.717, 1.165) is 31.5 Å². The molecule has 0 radical (unpaired) electrons. The highest BCUT2D eigenvalue weighted by Gasteiger charge is 1.92. The quantitative estimate of drug-likeness (QED) is 0.465. The van der Waals surface area contributed by atoms with E-state index in [1.165, 1.54) is 0 Å². The highest BCUT2D eigenvalue weighted by atomic mass is 15.4. The lowest BCUT2D eigenvalue weighted by Gasteiger charge is -2.12. The molecule has 0 fully saturated rings. The van der Waals surface area contributed by atoms with E-state index in [0.29, 0.717) is 0 Å². The highest BCUT2D eigenvalue weighted by Crippen LogP contribution is 1.97. The van der Waals surface area contributed by atoms with E-state index in [1.54, 1.807) is 5.01 Å². The maximum Gasteiger partial charge on any atom is 0.0342 e. The topological polar surface area (TPSA) is 55.3 Å². The molecule has 0 rings (SSSR count). The Morgan fingerprint density at radius 2 is 2.00 bits per heavy atom. The van der Waals surface area contributed by atoms with E-state index in [4.69, 9.17) is 11.6 Å². The molecule has 0 unspecified atom stereocenters. The zero-order chi connectivity index (χ0) is 8.69. The van der Waals surface area contributed by atoms with Crippen molar-refractivity contribution in [2.75, 3.05) is 6.54 Å². The maximum absolute atomic E-state index is 5.65. The molecule has 0 heterocycles. The van der Waals surface area contributed by atoms with Gasteiger partial charge in [-0.2, -0.15) is 0 Å². The molecule has 0 amide bonds. The zero-order valence-electron chi connectivity index (χ0n) is 7.51. The maximum atomic E-state index is 5.65. The molecule has 3 nitrogen and oxygen atoms in total. The van der Waals surface area contributed by atoms with Crippen molar-refractivity contribution in [1.29, 1.82) is 0 Å². The summed E-state index contributed by atoms with van der Waals surface area (Å²) in [6.07, 6.45) is 4.86. The van der Waals surface area contributed by atoms with Gasteiger partial charge in [-0.05, 0) is 12.8 Å². The Bertz CT molecular complexity index is 121. The summed E-state index contributed by atoms with van der Waals surface area (Å²) in [5.74, 6) is 5.59. The number of rotatable bonds is 5. The van der Waals surface area contributed by atoms with Gasteiger partial charge in [0.15, 0.2) is 0 Å². The predicted molar refractivity (Wildman–Crippen MR) is 48.4 cm³/mol. The first-order chi connectivity index (χ1) is 5.20. The van der Waals surface area contributed by atoms with Gasteiger partial charge in [-0.15, -0.1) is 0 Å². The van der Waals surface area contributed by atoms with Gasteiger partial charge in [0.05, 0.1) is 0 Å². The molecule has 3 heteroatoms. The Labute approximate surface area is 69.0 Å². The first kappa shape index (κ1) is 10.3. The summed E-state index contributed by atoms with van der Waals surface area (Å²) in [6, 6.07) is 0. The van der Waals surface area contributed by atoms with Crippen molar-refractivity contribution in [2.24, 2.45) is 11.6 Å². The summed E-state index contributed by atoms with van der Waals surface area (Å²) in [7, 11) is 0. The molecule has 0 aliphatic rings. The van der Waals surface area contributed by atoms with Crippen LogP contribution in [0.15, 0.2) is 11.9 Å². The molecule has 0 aromatic heterocycles. The van der Waals surface area contributed by atoms with Crippen LogP contribution in [0.4, 0.5) is 0 Å². The Morgan fingerprint density at radius 3 is 2.45 bits per heavy atom. The van der Waals surface area contributed by atoms with Crippen LogP contribution in [-0.2, 0) is 0 Å². The van der Waals surface area contributed by atoms with E-state index in [-0.39, 0.29) is 0 Å². The fourth-order valence-corrected chi connectivity index (χ4v) is 0.889. The van der Waals surface area contributed by atoms with E-state index < -0.39 is 0 Å². The van der Waals surface area contributed by atoms with E-state index >= 15 is 0 Å². The Morgan fingerprint density at radius 1 is 1.36 bits per heavy atom. The van der Waals surface area contributed by atoms with Crippen LogP contribution in [0, 0.1) is 0 Å². The van der Waals surface area contributed by atoms with Crippen LogP contribution in [0.3, 0.4) is 0 Å². The minimum atomic E-state index is 0.864. The van der Waals surface area contributed by atoms with Crippen LogP contribution in [0.1, 0.15) is 33.1 Å². The molecule has 0 spiro atoms. The van der Waals surface area contributed by atoms with Gasteiger partial charge in [-0.1, -0.05) is 20.3 Å². The van der Waals surface area contributed by atoms with Crippen LogP contribution in [0.5, 0.6) is 0 Å². The molecule has 0 saturated heterocycles. The molecule has 0 aromatic rings. The van der Waals surface area contributed by atoms with Gasteiger partial charge in [0.1, 0.15) is 0 Å². The van der Waals surface area contributed by atoms with Crippen molar-refractivity contribution in [3.05, 3.63) is 11.9 Å². The molecule has 0 saturated carbocycles. The van der Waals surface area contributed by atoms with E-state index in [1.807, 2.05) is 6.20 Å². The Balaban J connectivity index is 3.66. The van der Waals surface area contributed by atoms with Gasteiger partial charge in [0.2, 0.25) is 0 Å². The molecule has 0 aliphatic carbocycles. The van der Waals surface area contributed by atoms with Gasteiger partial charge >= 0.3 is 0 Å². The monoisotopic (exact) mass is 157 g/mol. The lowest BCUT2D eigenvalue weighted by atomic mass is 10.3. The van der Waals surface area contributed by atoms with Gasteiger partial charge in [0, 0.05) is 18.4 Å². The second-order valence-electron chi connectivity index (χ2n) is 2.69. The molecule has 0 aliphatic heterocycles. The second kappa shape index (κ2) is 6.04. The molecule has 4 N–H and O–H groups in total. The van der Waals surface area contributed by atoms with Gasteiger partial charge < -0.3 is 10.7 Å². The lowest BCUT2D eigenvalue weighted by molar-refractivity contribution is 0.388. The average molecular weight is 157 g/mol. The Kier molecular flexibility index (Phi) is 5.65. The molecule has 11 heavy (non-hydrogen) atoms. The van der Waals surface area contributed by atoms with Crippen molar-refractivity contribution in [1.82, 2.24) is 5.01 Å². The third kappa shape index (κ3) is 5.73. The zero-order valence-corrected chi connectivity index (χ0v) is 7.51. The fourth-order valence-electron chi connectivity index (χ4n) is 0.889. The molecule has 66 valence electrons. The molecular weight excluding hydrogens is 138 g/mol. The summed E-state index contributed by atoms with van der Waals surface area (Å²) in [5.41, 5.74) is 6.52. The van der Waals surface area contributed by atoms with Crippen molar-refractivity contribution in [2.45, 2.75) is 33.1 Å². The Hall–Kier alpha value is -0.700. The fraction of sp³-hybridized carbons (Fsp3) is 0.750. The largest absolute Gasteiger partial charge is 0.401 e. The third-order valence-corrected chi connectivity index (χ3v) is 1.35. The molecule has 0 aromatic carbocycles. The van der Waals surface area contributed by atoms with Crippen LogP contribution in [0.25, 0.3) is 0 Å². The number of nitrogens with zero attached hydrogens (tertiary/aromatic N) is 1. The van der Waals surface area contributed by atoms with Crippen LogP contribution >= 0.6 is 0 Å². The van der Waals surface area contributed by atoms with Crippen LogP contribution < -0.4 is 11.6 Å². The first-order valence-corrected chi connectivity index (χ1v) is 4.18. The number of allylic oxidation sites excluding steroid dienone is 1. The summed E-state index contributed by atoms with van der Waals surface area (Å²) in [5, 5.41) is 1.64. The van der Waals surface area contributed by atoms with Gasteiger partial charge in [-0.3, -0.25) is 0 Å². The number of hydrogen-bond acceptors (Lipinski definition) is 3. The molecular formula is C8H19N3. The van der Waals surface area contributed by atoms with Crippen molar-refractivity contribution in [3.8, 4) is 0 Å². The summed E-state index contributed by atoms with van der Waals surface area (Å²) >= 11 is 0. The van der Waals surface area contributed by atoms with Crippen molar-refractivity contribution < 1.29 is 0 Å². The second-order valence-corrected chi connectivity index (χ2v) is 2.69. The average Bonchev–Trinajstić information content (AvgIpc) is 1.87. The predicted octanol–water partition coefficient (Wildman–Crippen LogP) is 1.17. The highest BCUT2D eigenvalue weighted by molar-refractivity contribution is 4.94. The van der Waals surface area contributed by atoms with Crippen LogP contribution in [-0.4, -0.2) is 11.6 Å². The van der Waals surface area contributed by atoms with Crippen molar-refractivity contribution >= 4 is 0 Å². The minimum absolute atomic E-state index is 0.864. The molecule has 0 bridgehead atoms.